The van der Waals surface area contributed by atoms with Gasteiger partial charge in [-0.3, -0.25) is 9.59 Å². The van der Waals surface area contributed by atoms with E-state index in [0.717, 1.165) is 12.2 Å². The third-order valence-corrected chi connectivity index (χ3v) is 4.65. The van der Waals surface area contributed by atoms with Crippen LogP contribution < -0.4 is 4.74 Å². The largest absolute Gasteiger partial charge is 0.494 e. The zero-order valence-corrected chi connectivity index (χ0v) is 15.9. The molecule has 0 N–H and O–H groups in total. The zero-order valence-electron chi connectivity index (χ0n) is 15.9. The van der Waals surface area contributed by atoms with Gasteiger partial charge in [0.25, 0.3) is 11.8 Å². The number of furan rings is 1. The highest BCUT2D eigenvalue weighted by Crippen LogP contribution is 2.16. The zero-order chi connectivity index (χ0) is 19.2. The van der Waals surface area contributed by atoms with E-state index in [2.05, 4.69) is 13.8 Å². The molecule has 1 aromatic carbocycles. The molecule has 1 fully saturated rings. The molecule has 0 unspecified atom stereocenters. The van der Waals surface area contributed by atoms with Crippen LogP contribution in [0.25, 0.3) is 0 Å². The second-order valence-corrected chi connectivity index (χ2v) is 7.12. The van der Waals surface area contributed by atoms with Crippen molar-refractivity contribution in [2.75, 3.05) is 32.8 Å². The molecule has 2 heterocycles. The molecular formula is C21H26N2O4. The van der Waals surface area contributed by atoms with Crippen LogP contribution >= 0.6 is 0 Å². The average Bonchev–Trinajstić information content (AvgIpc) is 3.22. The number of amides is 2. The van der Waals surface area contributed by atoms with Gasteiger partial charge in [0.1, 0.15) is 5.75 Å². The Morgan fingerprint density at radius 1 is 1.00 bits per heavy atom. The maximum atomic E-state index is 12.7. The fourth-order valence-electron chi connectivity index (χ4n) is 2.96. The highest BCUT2D eigenvalue weighted by Gasteiger charge is 2.26. The van der Waals surface area contributed by atoms with Gasteiger partial charge in [0.05, 0.1) is 12.9 Å². The lowest BCUT2D eigenvalue weighted by Crippen LogP contribution is -2.50. The van der Waals surface area contributed by atoms with E-state index in [0.29, 0.717) is 50.0 Å². The topological polar surface area (TPSA) is 63.0 Å². The van der Waals surface area contributed by atoms with E-state index in [-0.39, 0.29) is 11.8 Å². The number of carbonyl (C=O) groups excluding carboxylic acids is 2. The minimum atomic E-state index is -0.130. The van der Waals surface area contributed by atoms with Crippen LogP contribution in [-0.4, -0.2) is 54.4 Å². The summed E-state index contributed by atoms with van der Waals surface area (Å²) in [4.78, 5) is 28.5. The third-order valence-electron chi connectivity index (χ3n) is 4.65. The van der Waals surface area contributed by atoms with Crippen LogP contribution in [0.4, 0.5) is 0 Å². The van der Waals surface area contributed by atoms with Crippen molar-refractivity contribution in [3.63, 3.8) is 0 Å². The second kappa shape index (κ2) is 8.75. The Hall–Kier alpha value is -2.76. The highest BCUT2D eigenvalue weighted by molar-refractivity contribution is 5.95. The first kappa shape index (κ1) is 19.0. The smallest absolute Gasteiger partial charge is 0.289 e. The van der Waals surface area contributed by atoms with Crippen molar-refractivity contribution >= 4 is 11.8 Å². The van der Waals surface area contributed by atoms with Crippen LogP contribution in [0, 0.1) is 5.92 Å². The lowest BCUT2D eigenvalue weighted by atomic mass is 10.1. The molecular weight excluding hydrogens is 344 g/mol. The Labute approximate surface area is 159 Å². The summed E-state index contributed by atoms with van der Waals surface area (Å²) in [6, 6.07) is 10.6. The van der Waals surface area contributed by atoms with Gasteiger partial charge in [-0.25, -0.2) is 0 Å². The summed E-state index contributed by atoms with van der Waals surface area (Å²) in [7, 11) is 0. The summed E-state index contributed by atoms with van der Waals surface area (Å²) in [5.41, 5.74) is 0.636. The molecule has 0 atom stereocenters. The summed E-state index contributed by atoms with van der Waals surface area (Å²) in [6.07, 6.45) is 2.49. The number of carbonyl (C=O) groups is 2. The SMILES string of the molecule is CC(C)CCOc1ccc(C(=O)N2CCN(C(=O)c3ccco3)CC2)cc1. The van der Waals surface area contributed by atoms with Gasteiger partial charge in [0.2, 0.25) is 0 Å². The van der Waals surface area contributed by atoms with Gasteiger partial charge in [-0.15, -0.1) is 0 Å². The molecule has 0 saturated carbocycles. The molecule has 27 heavy (non-hydrogen) atoms. The second-order valence-electron chi connectivity index (χ2n) is 7.12. The van der Waals surface area contributed by atoms with E-state index in [1.807, 2.05) is 12.1 Å². The number of rotatable bonds is 6. The number of ether oxygens (including phenoxy) is 1. The van der Waals surface area contributed by atoms with Gasteiger partial charge in [-0.1, -0.05) is 13.8 Å². The Kier molecular flexibility index (Phi) is 6.16. The van der Waals surface area contributed by atoms with Gasteiger partial charge in [0.15, 0.2) is 5.76 Å². The summed E-state index contributed by atoms with van der Waals surface area (Å²) >= 11 is 0. The molecule has 1 aliphatic rings. The summed E-state index contributed by atoms with van der Waals surface area (Å²) in [6.45, 7) is 7.02. The van der Waals surface area contributed by atoms with Gasteiger partial charge in [-0.2, -0.15) is 0 Å². The van der Waals surface area contributed by atoms with Crippen molar-refractivity contribution in [1.82, 2.24) is 9.80 Å². The standard InChI is InChI=1S/C21H26N2O4/c1-16(2)9-15-26-18-7-5-17(6-8-18)20(24)22-10-12-23(13-11-22)21(25)19-4-3-14-27-19/h3-8,14,16H,9-13,15H2,1-2H3. The molecule has 0 bridgehead atoms. The van der Waals surface area contributed by atoms with E-state index < -0.39 is 0 Å². The maximum absolute atomic E-state index is 12.7. The minimum Gasteiger partial charge on any atom is -0.494 e. The van der Waals surface area contributed by atoms with Crippen LogP contribution in [-0.2, 0) is 0 Å². The molecule has 1 saturated heterocycles. The first-order valence-electron chi connectivity index (χ1n) is 9.39. The van der Waals surface area contributed by atoms with Gasteiger partial charge in [0, 0.05) is 31.7 Å². The molecule has 6 nitrogen and oxygen atoms in total. The van der Waals surface area contributed by atoms with Gasteiger partial charge < -0.3 is 19.0 Å². The Morgan fingerprint density at radius 2 is 1.63 bits per heavy atom. The summed E-state index contributed by atoms with van der Waals surface area (Å²) in [5, 5.41) is 0. The van der Waals surface area contributed by atoms with E-state index in [1.54, 1.807) is 34.1 Å². The molecule has 144 valence electrons. The van der Waals surface area contributed by atoms with Crippen LogP contribution in [0.2, 0.25) is 0 Å². The minimum absolute atomic E-state index is 0.0196. The number of hydrogen-bond donors (Lipinski definition) is 0. The Morgan fingerprint density at radius 3 is 2.19 bits per heavy atom. The summed E-state index contributed by atoms with van der Waals surface area (Å²) < 4.78 is 10.9. The molecule has 1 aliphatic heterocycles. The van der Waals surface area contributed by atoms with Gasteiger partial charge >= 0.3 is 0 Å². The van der Waals surface area contributed by atoms with Crippen LogP contribution in [0.1, 0.15) is 41.2 Å². The van der Waals surface area contributed by atoms with Crippen LogP contribution in [0.15, 0.2) is 47.1 Å². The van der Waals surface area contributed by atoms with Gasteiger partial charge in [-0.05, 0) is 48.7 Å². The van der Waals surface area contributed by atoms with Crippen molar-refractivity contribution in [3.05, 3.63) is 54.0 Å². The van der Waals surface area contributed by atoms with E-state index in [1.165, 1.54) is 6.26 Å². The Bertz CT molecular complexity index is 745. The van der Waals surface area contributed by atoms with E-state index in [4.69, 9.17) is 9.15 Å². The first-order valence-corrected chi connectivity index (χ1v) is 9.39. The van der Waals surface area contributed by atoms with E-state index in [9.17, 15) is 9.59 Å². The number of hydrogen-bond acceptors (Lipinski definition) is 4. The number of benzene rings is 1. The Balaban J connectivity index is 1.51. The molecule has 2 amide bonds. The van der Waals surface area contributed by atoms with Crippen molar-refractivity contribution in [1.29, 1.82) is 0 Å². The monoisotopic (exact) mass is 370 g/mol. The quantitative estimate of drug-likeness (QED) is 0.783. The molecule has 0 aliphatic carbocycles. The lowest BCUT2D eigenvalue weighted by Gasteiger charge is -2.34. The molecule has 0 spiro atoms. The highest BCUT2D eigenvalue weighted by atomic mass is 16.5. The van der Waals surface area contributed by atoms with Crippen molar-refractivity contribution in [2.45, 2.75) is 20.3 Å². The van der Waals surface area contributed by atoms with Crippen molar-refractivity contribution in [2.24, 2.45) is 5.92 Å². The fraction of sp³-hybridized carbons (Fsp3) is 0.429. The van der Waals surface area contributed by atoms with Crippen molar-refractivity contribution in [3.8, 4) is 5.75 Å². The number of piperazine rings is 1. The molecule has 0 radical (unpaired) electrons. The predicted octanol–water partition coefficient (Wildman–Crippen LogP) is 3.30. The van der Waals surface area contributed by atoms with Crippen molar-refractivity contribution < 1.29 is 18.7 Å². The summed E-state index contributed by atoms with van der Waals surface area (Å²) in [5.74, 6) is 1.57. The normalized spacial score (nSPS) is 14.5. The van der Waals surface area contributed by atoms with Crippen LogP contribution in [0.3, 0.4) is 0 Å². The van der Waals surface area contributed by atoms with E-state index >= 15 is 0 Å². The average molecular weight is 370 g/mol. The molecule has 6 heteroatoms. The fourth-order valence-corrected chi connectivity index (χ4v) is 2.96. The lowest BCUT2D eigenvalue weighted by molar-refractivity contribution is 0.0518. The molecule has 2 aromatic rings. The molecule has 1 aromatic heterocycles. The number of nitrogens with zero attached hydrogens (tertiary/aromatic N) is 2. The third kappa shape index (κ3) is 4.90. The molecule has 3 rings (SSSR count). The first-order chi connectivity index (χ1) is 13.0. The maximum Gasteiger partial charge on any atom is 0.289 e. The van der Waals surface area contributed by atoms with Crippen LogP contribution in [0.5, 0.6) is 5.75 Å². The predicted molar refractivity (Wildman–Crippen MR) is 102 cm³/mol.